The molecule has 0 saturated carbocycles. The molecule has 2 nitrogen and oxygen atoms in total. The first-order chi connectivity index (χ1) is 13.9. The topological polar surface area (TPSA) is 6.48 Å². The smallest absolute Gasteiger partial charge is 0.0376 e. The molecule has 0 N–H and O–H groups in total. The molecule has 0 aliphatic carbocycles. The minimum absolute atomic E-state index is 0.913. The highest BCUT2D eigenvalue weighted by Gasteiger charge is 2.32. The summed E-state index contributed by atoms with van der Waals surface area (Å²) in [6.45, 7) is 4.93. The van der Waals surface area contributed by atoms with Crippen molar-refractivity contribution in [3.8, 4) is 0 Å². The summed E-state index contributed by atoms with van der Waals surface area (Å²) in [6, 6.07) is 19.4. The zero-order valence-corrected chi connectivity index (χ0v) is 17.9. The molecular formula is C25H34N2S. The lowest BCUT2D eigenvalue weighted by Crippen LogP contribution is -2.20. The van der Waals surface area contributed by atoms with Gasteiger partial charge in [0.1, 0.15) is 0 Å². The third-order valence-corrected chi connectivity index (χ3v) is 11.2. The van der Waals surface area contributed by atoms with E-state index < -0.39 is 10.0 Å². The predicted molar refractivity (Wildman–Crippen MR) is 123 cm³/mol. The van der Waals surface area contributed by atoms with Gasteiger partial charge < -0.3 is 9.80 Å². The Morgan fingerprint density at radius 1 is 0.536 bits per heavy atom. The summed E-state index contributed by atoms with van der Waals surface area (Å²) in [5.74, 6) is 2.75. The van der Waals surface area contributed by atoms with Gasteiger partial charge in [0.15, 0.2) is 0 Å². The van der Waals surface area contributed by atoms with E-state index in [1.165, 1.54) is 94.0 Å². The second-order valence-corrected chi connectivity index (χ2v) is 12.3. The number of hydrogen-bond donors (Lipinski definition) is 0. The molecular weight excluding hydrogens is 360 g/mol. The van der Waals surface area contributed by atoms with E-state index in [0.29, 0.717) is 0 Å². The highest BCUT2D eigenvalue weighted by Crippen LogP contribution is 2.65. The quantitative estimate of drug-likeness (QED) is 0.601. The van der Waals surface area contributed by atoms with Crippen LogP contribution in [0.1, 0.15) is 44.9 Å². The van der Waals surface area contributed by atoms with Crippen molar-refractivity contribution < 1.29 is 0 Å². The first kappa shape index (κ1) is 18.4. The van der Waals surface area contributed by atoms with Gasteiger partial charge >= 0.3 is 0 Å². The Morgan fingerprint density at radius 3 is 1.46 bits per heavy atom. The van der Waals surface area contributed by atoms with E-state index in [9.17, 15) is 0 Å². The summed E-state index contributed by atoms with van der Waals surface area (Å²) in [5, 5.41) is 0. The predicted octanol–water partition coefficient (Wildman–Crippen LogP) is 6.29. The second kappa shape index (κ2) is 8.02. The van der Waals surface area contributed by atoms with E-state index in [1.54, 1.807) is 9.79 Å². The monoisotopic (exact) mass is 394 g/mol. The third-order valence-electron chi connectivity index (χ3n) is 6.97. The van der Waals surface area contributed by atoms with Crippen molar-refractivity contribution in [3.05, 3.63) is 48.5 Å². The molecule has 0 bridgehead atoms. The van der Waals surface area contributed by atoms with E-state index in [-0.39, 0.29) is 0 Å². The Labute approximate surface area is 172 Å². The third kappa shape index (κ3) is 3.43. The molecule has 3 heterocycles. The summed E-state index contributed by atoms with van der Waals surface area (Å²) < 4.78 is 0. The van der Waals surface area contributed by atoms with Gasteiger partial charge in [-0.3, -0.25) is 0 Å². The molecule has 0 atom stereocenters. The molecule has 0 unspecified atom stereocenters. The maximum Gasteiger partial charge on any atom is 0.0376 e. The molecule has 0 radical (unpaired) electrons. The Morgan fingerprint density at radius 2 is 1.00 bits per heavy atom. The molecule has 3 aliphatic heterocycles. The fourth-order valence-corrected chi connectivity index (χ4v) is 9.56. The second-order valence-electron chi connectivity index (χ2n) is 8.74. The van der Waals surface area contributed by atoms with Gasteiger partial charge in [0.25, 0.3) is 0 Å². The van der Waals surface area contributed by atoms with Gasteiger partial charge in [0.2, 0.25) is 0 Å². The standard InChI is InChI=1S/C25H34N2S/c1-6-18-28(19-7-1,24-12-8-10-22(20-24)26-14-2-3-15-26)25-13-9-11-23(21-25)27-16-4-5-17-27/h8-13,20-21H,1-7,14-19H2. The van der Waals surface area contributed by atoms with Crippen molar-refractivity contribution in [2.45, 2.75) is 54.7 Å². The molecule has 2 aromatic carbocycles. The molecule has 28 heavy (non-hydrogen) atoms. The van der Waals surface area contributed by atoms with Crippen LogP contribution in [0.15, 0.2) is 58.3 Å². The molecule has 3 saturated heterocycles. The summed E-state index contributed by atoms with van der Waals surface area (Å²) in [6.07, 6.45) is 9.57. The van der Waals surface area contributed by atoms with E-state index in [1.807, 2.05) is 0 Å². The van der Waals surface area contributed by atoms with Crippen LogP contribution < -0.4 is 9.80 Å². The molecule has 3 fully saturated rings. The first-order valence-electron chi connectivity index (χ1n) is 11.3. The number of nitrogens with zero attached hydrogens (tertiary/aromatic N) is 2. The van der Waals surface area contributed by atoms with E-state index in [2.05, 4.69) is 58.3 Å². The SMILES string of the molecule is c1cc(N2CCCC2)cc(S2(c3cccc(N4CCCC4)c3)CCCCC2)c1. The van der Waals surface area contributed by atoms with Crippen molar-refractivity contribution >= 4 is 21.4 Å². The van der Waals surface area contributed by atoms with E-state index in [0.717, 1.165) is 0 Å². The fourth-order valence-electron chi connectivity index (χ4n) is 5.38. The van der Waals surface area contributed by atoms with Gasteiger partial charge in [-0.1, -0.05) is 18.6 Å². The van der Waals surface area contributed by atoms with Crippen LogP contribution >= 0.6 is 10.0 Å². The molecule has 150 valence electrons. The van der Waals surface area contributed by atoms with E-state index in [4.69, 9.17) is 0 Å². The summed E-state index contributed by atoms with van der Waals surface area (Å²) in [7, 11) is -0.913. The lowest BCUT2D eigenvalue weighted by molar-refractivity contribution is 0.750. The maximum atomic E-state index is 2.60. The van der Waals surface area contributed by atoms with Crippen LogP contribution in [0.2, 0.25) is 0 Å². The zero-order valence-electron chi connectivity index (χ0n) is 17.1. The van der Waals surface area contributed by atoms with Crippen molar-refractivity contribution in [2.75, 3.05) is 47.5 Å². The van der Waals surface area contributed by atoms with Crippen molar-refractivity contribution in [1.29, 1.82) is 0 Å². The number of hydrogen-bond acceptors (Lipinski definition) is 2. The normalized spacial score (nSPS) is 23.1. The molecule has 3 heteroatoms. The summed E-state index contributed by atoms with van der Waals surface area (Å²) >= 11 is 0. The molecule has 5 rings (SSSR count). The Hall–Kier alpha value is -1.61. The molecule has 0 amide bonds. The van der Waals surface area contributed by atoms with Crippen LogP contribution in [-0.2, 0) is 0 Å². The Kier molecular flexibility index (Phi) is 5.28. The average molecular weight is 395 g/mol. The summed E-state index contributed by atoms with van der Waals surface area (Å²) in [4.78, 5) is 8.46. The zero-order chi connectivity index (χ0) is 18.8. The van der Waals surface area contributed by atoms with Crippen LogP contribution in [-0.4, -0.2) is 37.7 Å². The van der Waals surface area contributed by atoms with Gasteiger partial charge in [-0.05, 0) is 96.2 Å². The van der Waals surface area contributed by atoms with Crippen LogP contribution in [0, 0.1) is 0 Å². The summed E-state index contributed by atoms with van der Waals surface area (Å²) in [5.41, 5.74) is 2.92. The van der Waals surface area contributed by atoms with Crippen molar-refractivity contribution in [1.82, 2.24) is 0 Å². The van der Waals surface area contributed by atoms with Crippen LogP contribution in [0.5, 0.6) is 0 Å². The lowest BCUT2D eigenvalue weighted by Gasteiger charge is -2.45. The van der Waals surface area contributed by atoms with Gasteiger partial charge in [0.05, 0.1) is 0 Å². The molecule has 3 aliphatic rings. The van der Waals surface area contributed by atoms with Gasteiger partial charge in [0, 0.05) is 37.6 Å². The van der Waals surface area contributed by atoms with Gasteiger partial charge in [-0.25, -0.2) is 0 Å². The number of benzene rings is 2. The Bertz CT molecular complexity index is 738. The van der Waals surface area contributed by atoms with E-state index >= 15 is 0 Å². The highest BCUT2D eigenvalue weighted by atomic mass is 32.3. The molecule has 2 aromatic rings. The molecule has 0 spiro atoms. The van der Waals surface area contributed by atoms with Gasteiger partial charge in [-0.2, -0.15) is 10.0 Å². The van der Waals surface area contributed by atoms with Gasteiger partial charge in [-0.15, -0.1) is 0 Å². The average Bonchev–Trinajstić information content (AvgIpc) is 3.49. The van der Waals surface area contributed by atoms with Crippen LogP contribution in [0.4, 0.5) is 11.4 Å². The number of anilines is 2. The molecule has 0 aromatic heterocycles. The fraction of sp³-hybridized carbons (Fsp3) is 0.520. The van der Waals surface area contributed by atoms with Crippen LogP contribution in [0.3, 0.4) is 0 Å². The Balaban J connectivity index is 1.54. The lowest BCUT2D eigenvalue weighted by atomic mass is 10.3. The first-order valence-corrected chi connectivity index (χ1v) is 13.3. The maximum absolute atomic E-state index is 2.60. The van der Waals surface area contributed by atoms with Crippen molar-refractivity contribution in [2.24, 2.45) is 0 Å². The van der Waals surface area contributed by atoms with Crippen LogP contribution in [0.25, 0.3) is 0 Å². The largest absolute Gasteiger partial charge is 0.372 e. The highest BCUT2D eigenvalue weighted by molar-refractivity contribution is 8.33. The minimum atomic E-state index is -0.913. The minimum Gasteiger partial charge on any atom is -0.372 e. The van der Waals surface area contributed by atoms with Crippen molar-refractivity contribution in [3.63, 3.8) is 0 Å². The number of rotatable bonds is 4.